The fourth-order valence-electron chi connectivity index (χ4n) is 2.38. The van der Waals surface area contributed by atoms with Gasteiger partial charge in [0, 0.05) is 17.6 Å². The van der Waals surface area contributed by atoms with Crippen LogP contribution in [-0.4, -0.2) is 19.2 Å². The molecule has 128 valence electrons. The minimum atomic E-state index is -0.209. The van der Waals surface area contributed by atoms with Crippen LogP contribution in [0.1, 0.15) is 31.9 Å². The van der Waals surface area contributed by atoms with E-state index in [0.717, 1.165) is 11.4 Å². The molecular weight excluding hydrogens is 300 g/mol. The third kappa shape index (κ3) is 5.01. The molecule has 4 nitrogen and oxygen atoms in total. The van der Waals surface area contributed by atoms with Gasteiger partial charge in [-0.2, -0.15) is 0 Å². The van der Waals surface area contributed by atoms with E-state index in [1.165, 1.54) is 11.1 Å². The molecule has 2 amide bonds. The lowest BCUT2D eigenvalue weighted by Gasteiger charge is -2.26. The van der Waals surface area contributed by atoms with E-state index in [0.29, 0.717) is 13.2 Å². The summed E-state index contributed by atoms with van der Waals surface area (Å²) in [6.07, 6.45) is 0. The Morgan fingerprint density at radius 2 is 1.67 bits per heavy atom. The molecule has 0 fully saturated rings. The number of ether oxygens (including phenoxy) is 1. The van der Waals surface area contributed by atoms with Gasteiger partial charge in [0.1, 0.15) is 5.75 Å². The first-order valence-corrected chi connectivity index (χ1v) is 8.25. The van der Waals surface area contributed by atoms with E-state index in [4.69, 9.17) is 4.74 Å². The Morgan fingerprint density at radius 1 is 1.04 bits per heavy atom. The Kier molecular flexibility index (Phi) is 5.85. The van der Waals surface area contributed by atoms with Crippen molar-refractivity contribution in [2.75, 3.05) is 18.5 Å². The minimum Gasteiger partial charge on any atom is -0.494 e. The molecule has 4 heteroatoms. The van der Waals surface area contributed by atoms with Crippen LogP contribution >= 0.6 is 0 Å². The molecule has 0 aliphatic rings. The molecule has 2 aromatic rings. The van der Waals surface area contributed by atoms with Crippen LogP contribution in [0.2, 0.25) is 0 Å². The summed E-state index contributed by atoms with van der Waals surface area (Å²) in [6.45, 7) is 9.43. The van der Waals surface area contributed by atoms with Crippen molar-refractivity contribution < 1.29 is 9.53 Å². The average Bonchev–Trinajstić information content (AvgIpc) is 2.56. The van der Waals surface area contributed by atoms with Gasteiger partial charge in [0.05, 0.1) is 6.61 Å². The van der Waals surface area contributed by atoms with Gasteiger partial charge < -0.3 is 15.4 Å². The SMILES string of the molecule is CCOc1ccc(NC(=O)NCC(C)(C)c2ccc(C)cc2)cc1. The predicted molar refractivity (Wildman–Crippen MR) is 98.8 cm³/mol. The normalized spacial score (nSPS) is 11.0. The Morgan fingerprint density at radius 3 is 2.25 bits per heavy atom. The molecule has 0 aliphatic carbocycles. The van der Waals surface area contributed by atoms with Crippen LogP contribution < -0.4 is 15.4 Å². The number of rotatable bonds is 6. The molecule has 0 atom stereocenters. The van der Waals surface area contributed by atoms with Crippen LogP contribution in [0.25, 0.3) is 0 Å². The predicted octanol–water partition coefficient (Wildman–Crippen LogP) is 4.49. The summed E-state index contributed by atoms with van der Waals surface area (Å²) < 4.78 is 5.39. The lowest BCUT2D eigenvalue weighted by molar-refractivity contribution is 0.249. The van der Waals surface area contributed by atoms with Crippen molar-refractivity contribution >= 4 is 11.7 Å². The zero-order valence-corrected chi connectivity index (χ0v) is 14.8. The van der Waals surface area contributed by atoms with Crippen molar-refractivity contribution in [1.29, 1.82) is 0 Å². The molecule has 0 heterocycles. The Labute approximate surface area is 144 Å². The van der Waals surface area contributed by atoms with Crippen LogP contribution in [0.15, 0.2) is 48.5 Å². The highest BCUT2D eigenvalue weighted by Crippen LogP contribution is 2.22. The fourth-order valence-corrected chi connectivity index (χ4v) is 2.38. The number of amides is 2. The van der Waals surface area contributed by atoms with E-state index in [-0.39, 0.29) is 11.4 Å². The third-order valence-electron chi connectivity index (χ3n) is 3.95. The van der Waals surface area contributed by atoms with Crippen molar-refractivity contribution in [3.63, 3.8) is 0 Å². The van der Waals surface area contributed by atoms with Crippen molar-refractivity contribution in [1.82, 2.24) is 5.32 Å². The second-order valence-electron chi connectivity index (χ2n) is 6.51. The molecule has 0 saturated heterocycles. The Hall–Kier alpha value is -2.49. The highest BCUT2D eigenvalue weighted by Gasteiger charge is 2.21. The van der Waals surface area contributed by atoms with Crippen LogP contribution in [0.3, 0.4) is 0 Å². The first-order chi connectivity index (χ1) is 11.4. The van der Waals surface area contributed by atoms with Gasteiger partial charge in [-0.3, -0.25) is 0 Å². The number of anilines is 1. The maximum atomic E-state index is 12.1. The van der Waals surface area contributed by atoms with E-state index in [2.05, 4.69) is 55.7 Å². The summed E-state index contributed by atoms with van der Waals surface area (Å²) in [4.78, 5) is 12.1. The molecule has 2 aromatic carbocycles. The van der Waals surface area contributed by atoms with Gasteiger partial charge in [0.2, 0.25) is 0 Å². The van der Waals surface area contributed by atoms with Gasteiger partial charge in [-0.25, -0.2) is 4.79 Å². The largest absolute Gasteiger partial charge is 0.494 e. The second kappa shape index (κ2) is 7.86. The van der Waals surface area contributed by atoms with Gasteiger partial charge in [-0.1, -0.05) is 43.7 Å². The number of carbonyl (C=O) groups is 1. The van der Waals surface area contributed by atoms with Crippen molar-refractivity contribution in [2.45, 2.75) is 33.1 Å². The topological polar surface area (TPSA) is 50.4 Å². The summed E-state index contributed by atoms with van der Waals surface area (Å²) in [7, 11) is 0. The minimum absolute atomic E-state index is 0.135. The molecule has 0 spiro atoms. The summed E-state index contributed by atoms with van der Waals surface area (Å²) >= 11 is 0. The van der Waals surface area contributed by atoms with Crippen molar-refractivity contribution in [3.8, 4) is 5.75 Å². The van der Waals surface area contributed by atoms with Gasteiger partial charge in [0.25, 0.3) is 0 Å². The van der Waals surface area contributed by atoms with Gasteiger partial charge in [-0.15, -0.1) is 0 Å². The lowest BCUT2D eigenvalue weighted by Crippen LogP contribution is -2.38. The summed E-state index contributed by atoms with van der Waals surface area (Å²) in [5, 5.41) is 5.78. The summed E-state index contributed by atoms with van der Waals surface area (Å²) in [5.74, 6) is 0.795. The second-order valence-corrected chi connectivity index (χ2v) is 6.51. The van der Waals surface area contributed by atoms with Crippen LogP contribution in [-0.2, 0) is 5.41 Å². The maximum Gasteiger partial charge on any atom is 0.319 e. The molecule has 0 unspecified atom stereocenters. The van der Waals surface area contributed by atoms with Crippen LogP contribution in [0.5, 0.6) is 5.75 Å². The summed E-state index contributed by atoms with van der Waals surface area (Å²) in [5.41, 5.74) is 3.04. The molecule has 2 rings (SSSR count). The zero-order valence-electron chi connectivity index (χ0n) is 14.8. The molecule has 0 saturated carbocycles. The van der Waals surface area contributed by atoms with Crippen LogP contribution in [0.4, 0.5) is 10.5 Å². The first-order valence-electron chi connectivity index (χ1n) is 8.25. The average molecular weight is 326 g/mol. The van der Waals surface area contributed by atoms with E-state index in [1.807, 2.05) is 31.2 Å². The van der Waals surface area contributed by atoms with Crippen molar-refractivity contribution in [3.05, 3.63) is 59.7 Å². The smallest absolute Gasteiger partial charge is 0.319 e. The van der Waals surface area contributed by atoms with E-state index >= 15 is 0 Å². The number of nitrogens with one attached hydrogen (secondary N) is 2. The van der Waals surface area contributed by atoms with E-state index in [9.17, 15) is 4.79 Å². The quantitative estimate of drug-likeness (QED) is 0.821. The number of urea groups is 1. The molecule has 2 N–H and O–H groups in total. The molecule has 0 radical (unpaired) electrons. The first kappa shape index (κ1) is 17.9. The monoisotopic (exact) mass is 326 g/mol. The lowest BCUT2D eigenvalue weighted by atomic mass is 9.84. The van der Waals surface area contributed by atoms with Gasteiger partial charge in [-0.05, 0) is 43.7 Å². The molecule has 0 aliphatic heterocycles. The molecule has 0 aromatic heterocycles. The number of hydrogen-bond donors (Lipinski definition) is 2. The maximum absolute atomic E-state index is 12.1. The van der Waals surface area contributed by atoms with Gasteiger partial charge in [0.15, 0.2) is 0 Å². The van der Waals surface area contributed by atoms with E-state index < -0.39 is 0 Å². The highest BCUT2D eigenvalue weighted by molar-refractivity contribution is 5.89. The number of carbonyl (C=O) groups excluding carboxylic acids is 1. The number of aryl methyl sites for hydroxylation is 1. The molecule has 0 bridgehead atoms. The number of hydrogen-bond acceptors (Lipinski definition) is 2. The highest BCUT2D eigenvalue weighted by atomic mass is 16.5. The fraction of sp³-hybridized carbons (Fsp3) is 0.350. The third-order valence-corrected chi connectivity index (χ3v) is 3.95. The standard InChI is InChI=1S/C20H26N2O2/c1-5-24-18-12-10-17(11-13-18)22-19(23)21-14-20(3,4)16-8-6-15(2)7-9-16/h6-13H,5,14H2,1-4H3,(H2,21,22,23). The van der Waals surface area contributed by atoms with Gasteiger partial charge >= 0.3 is 6.03 Å². The zero-order chi connectivity index (χ0) is 17.6. The van der Waals surface area contributed by atoms with Crippen molar-refractivity contribution in [2.24, 2.45) is 0 Å². The number of benzene rings is 2. The van der Waals surface area contributed by atoms with E-state index in [1.54, 1.807) is 0 Å². The summed E-state index contributed by atoms with van der Waals surface area (Å²) in [6, 6.07) is 15.5. The Balaban J connectivity index is 1.88. The molecule has 24 heavy (non-hydrogen) atoms. The molecular formula is C20H26N2O2. The van der Waals surface area contributed by atoms with Crippen LogP contribution in [0, 0.1) is 6.92 Å². The Bertz CT molecular complexity index is 661.